The van der Waals surface area contributed by atoms with Crippen LogP contribution in [0.3, 0.4) is 0 Å². The highest BCUT2D eigenvalue weighted by atomic mass is 32.1. The van der Waals surface area contributed by atoms with Gasteiger partial charge in [0.2, 0.25) is 0 Å². The van der Waals surface area contributed by atoms with Crippen molar-refractivity contribution in [1.29, 1.82) is 0 Å². The van der Waals surface area contributed by atoms with Crippen LogP contribution in [0.1, 0.15) is 17.5 Å². The van der Waals surface area contributed by atoms with E-state index >= 15 is 0 Å². The SMILES string of the molecule is Cc1cnn(CCCNC(=S)NCCc2ccccc2)c1. The Morgan fingerprint density at radius 2 is 1.95 bits per heavy atom. The lowest BCUT2D eigenvalue weighted by Crippen LogP contribution is -2.37. The van der Waals surface area contributed by atoms with E-state index < -0.39 is 0 Å². The molecule has 2 rings (SSSR count). The summed E-state index contributed by atoms with van der Waals surface area (Å²) in [7, 11) is 0. The predicted octanol–water partition coefficient (Wildman–Crippen LogP) is 2.29. The molecule has 0 spiro atoms. The van der Waals surface area contributed by atoms with Crippen molar-refractivity contribution in [3.8, 4) is 0 Å². The molecule has 0 amide bonds. The molecule has 4 nitrogen and oxygen atoms in total. The monoisotopic (exact) mass is 302 g/mol. The first kappa shape index (κ1) is 15.5. The summed E-state index contributed by atoms with van der Waals surface area (Å²) < 4.78 is 1.96. The zero-order chi connectivity index (χ0) is 14.9. The minimum absolute atomic E-state index is 0.725. The van der Waals surface area contributed by atoms with Crippen molar-refractivity contribution in [3.63, 3.8) is 0 Å². The van der Waals surface area contributed by atoms with Gasteiger partial charge in [-0.2, -0.15) is 5.10 Å². The second-order valence-electron chi connectivity index (χ2n) is 5.05. The van der Waals surface area contributed by atoms with Crippen molar-refractivity contribution in [2.75, 3.05) is 13.1 Å². The fourth-order valence-corrected chi connectivity index (χ4v) is 2.26. The molecule has 0 aliphatic heterocycles. The number of thiocarbonyl (C=S) groups is 1. The summed E-state index contributed by atoms with van der Waals surface area (Å²) in [5.74, 6) is 0. The summed E-state index contributed by atoms with van der Waals surface area (Å²) in [6.07, 6.45) is 5.91. The molecule has 112 valence electrons. The van der Waals surface area contributed by atoms with E-state index in [-0.39, 0.29) is 0 Å². The van der Waals surface area contributed by atoms with Gasteiger partial charge in [0, 0.05) is 25.8 Å². The second-order valence-corrected chi connectivity index (χ2v) is 5.46. The van der Waals surface area contributed by atoms with E-state index in [1.54, 1.807) is 0 Å². The summed E-state index contributed by atoms with van der Waals surface area (Å²) in [6, 6.07) is 10.4. The second kappa shape index (κ2) is 8.42. The maximum Gasteiger partial charge on any atom is 0.166 e. The fraction of sp³-hybridized carbons (Fsp3) is 0.375. The van der Waals surface area contributed by atoms with E-state index in [1.165, 1.54) is 11.1 Å². The third-order valence-electron chi connectivity index (χ3n) is 3.15. The van der Waals surface area contributed by atoms with Gasteiger partial charge in [-0.3, -0.25) is 4.68 Å². The zero-order valence-corrected chi connectivity index (χ0v) is 13.2. The lowest BCUT2D eigenvalue weighted by Gasteiger charge is -2.10. The Labute approximate surface area is 131 Å². The molecule has 0 saturated carbocycles. The van der Waals surface area contributed by atoms with Crippen LogP contribution < -0.4 is 10.6 Å². The predicted molar refractivity (Wildman–Crippen MR) is 90.3 cm³/mol. The summed E-state index contributed by atoms with van der Waals surface area (Å²) in [4.78, 5) is 0. The number of rotatable bonds is 7. The summed E-state index contributed by atoms with van der Waals surface area (Å²) in [5, 5.41) is 11.4. The Hall–Kier alpha value is -1.88. The van der Waals surface area contributed by atoms with Crippen LogP contribution in [0.2, 0.25) is 0 Å². The number of nitrogens with one attached hydrogen (secondary N) is 2. The normalized spacial score (nSPS) is 10.3. The average Bonchev–Trinajstić information content (AvgIpc) is 2.90. The molecule has 2 aromatic rings. The van der Waals surface area contributed by atoms with Gasteiger partial charge in [0.15, 0.2) is 5.11 Å². The topological polar surface area (TPSA) is 41.9 Å². The van der Waals surface area contributed by atoms with Crippen LogP contribution in [0.25, 0.3) is 0 Å². The van der Waals surface area contributed by atoms with Crippen molar-refractivity contribution < 1.29 is 0 Å². The van der Waals surface area contributed by atoms with Gasteiger partial charge in [0.05, 0.1) is 6.20 Å². The van der Waals surface area contributed by atoms with E-state index in [1.807, 2.05) is 23.9 Å². The van der Waals surface area contributed by atoms with Gasteiger partial charge in [0.1, 0.15) is 0 Å². The molecule has 0 aliphatic rings. The molecule has 5 heteroatoms. The van der Waals surface area contributed by atoms with Gasteiger partial charge in [-0.1, -0.05) is 30.3 Å². The zero-order valence-electron chi connectivity index (χ0n) is 12.4. The van der Waals surface area contributed by atoms with Gasteiger partial charge >= 0.3 is 0 Å². The van der Waals surface area contributed by atoms with Crippen LogP contribution in [0.5, 0.6) is 0 Å². The maximum absolute atomic E-state index is 5.26. The van der Waals surface area contributed by atoms with Crippen LogP contribution in [0.4, 0.5) is 0 Å². The Balaban J connectivity index is 1.53. The molecule has 0 bridgehead atoms. The summed E-state index contributed by atoms with van der Waals surface area (Å²) in [5.41, 5.74) is 2.52. The summed E-state index contributed by atoms with van der Waals surface area (Å²) in [6.45, 7) is 4.67. The van der Waals surface area contributed by atoms with Crippen molar-refractivity contribution in [2.24, 2.45) is 0 Å². The summed E-state index contributed by atoms with van der Waals surface area (Å²) >= 11 is 5.26. The van der Waals surface area contributed by atoms with Gasteiger partial charge in [-0.05, 0) is 43.1 Å². The molecule has 2 N–H and O–H groups in total. The highest BCUT2D eigenvalue weighted by Crippen LogP contribution is 1.98. The number of nitrogens with zero attached hydrogens (tertiary/aromatic N) is 2. The molecule has 21 heavy (non-hydrogen) atoms. The number of aryl methyl sites for hydroxylation is 2. The third-order valence-corrected chi connectivity index (χ3v) is 3.44. The van der Waals surface area contributed by atoms with Crippen LogP contribution in [0.15, 0.2) is 42.7 Å². The first-order chi connectivity index (χ1) is 10.2. The van der Waals surface area contributed by atoms with Crippen LogP contribution in [-0.4, -0.2) is 28.0 Å². The van der Waals surface area contributed by atoms with E-state index in [2.05, 4.69) is 46.2 Å². The molecule has 0 unspecified atom stereocenters. The van der Waals surface area contributed by atoms with E-state index in [0.29, 0.717) is 0 Å². The standard InChI is InChI=1S/C16H22N4S/c1-14-12-19-20(13-14)11-5-9-17-16(21)18-10-8-15-6-3-2-4-7-15/h2-4,6-7,12-13H,5,8-11H2,1H3,(H2,17,18,21). The molecule has 1 aromatic carbocycles. The third kappa shape index (κ3) is 5.95. The lowest BCUT2D eigenvalue weighted by atomic mass is 10.1. The molecule has 0 radical (unpaired) electrons. The van der Waals surface area contributed by atoms with Crippen LogP contribution >= 0.6 is 12.2 Å². The first-order valence-corrected chi connectivity index (χ1v) is 7.69. The molecule has 0 saturated heterocycles. The van der Waals surface area contributed by atoms with Crippen molar-refractivity contribution in [1.82, 2.24) is 20.4 Å². The van der Waals surface area contributed by atoms with Crippen LogP contribution in [0, 0.1) is 6.92 Å². The van der Waals surface area contributed by atoms with Crippen LogP contribution in [-0.2, 0) is 13.0 Å². The van der Waals surface area contributed by atoms with Crippen molar-refractivity contribution in [3.05, 3.63) is 53.9 Å². The Morgan fingerprint density at radius 3 is 2.67 bits per heavy atom. The number of hydrogen-bond acceptors (Lipinski definition) is 2. The lowest BCUT2D eigenvalue weighted by molar-refractivity contribution is 0.571. The Kier molecular flexibility index (Phi) is 6.22. The first-order valence-electron chi connectivity index (χ1n) is 7.29. The largest absolute Gasteiger partial charge is 0.363 e. The van der Waals surface area contributed by atoms with E-state index in [0.717, 1.165) is 37.6 Å². The smallest absolute Gasteiger partial charge is 0.166 e. The number of hydrogen-bond donors (Lipinski definition) is 2. The van der Waals surface area contributed by atoms with Crippen molar-refractivity contribution >= 4 is 17.3 Å². The van der Waals surface area contributed by atoms with Gasteiger partial charge in [-0.25, -0.2) is 0 Å². The molecule has 0 aliphatic carbocycles. The van der Waals surface area contributed by atoms with E-state index in [9.17, 15) is 0 Å². The van der Waals surface area contributed by atoms with Gasteiger partial charge in [0.25, 0.3) is 0 Å². The highest BCUT2D eigenvalue weighted by Gasteiger charge is 1.97. The fourth-order valence-electron chi connectivity index (χ4n) is 2.06. The van der Waals surface area contributed by atoms with E-state index in [4.69, 9.17) is 12.2 Å². The molecular formula is C16H22N4S. The van der Waals surface area contributed by atoms with Crippen molar-refractivity contribution in [2.45, 2.75) is 26.3 Å². The Morgan fingerprint density at radius 1 is 1.19 bits per heavy atom. The Bertz CT molecular complexity index is 550. The number of aromatic nitrogens is 2. The molecule has 1 heterocycles. The molecule has 0 fully saturated rings. The van der Waals surface area contributed by atoms with Gasteiger partial charge in [-0.15, -0.1) is 0 Å². The highest BCUT2D eigenvalue weighted by molar-refractivity contribution is 7.80. The molecular weight excluding hydrogens is 280 g/mol. The maximum atomic E-state index is 5.26. The van der Waals surface area contributed by atoms with Gasteiger partial charge < -0.3 is 10.6 Å². The number of benzene rings is 1. The molecule has 0 atom stereocenters. The minimum Gasteiger partial charge on any atom is -0.363 e. The minimum atomic E-state index is 0.725. The average molecular weight is 302 g/mol. The molecule has 1 aromatic heterocycles. The quantitative estimate of drug-likeness (QED) is 0.608.